The van der Waals surface area contributed by atoms with Crippen LogP contribution in [0.15, 0.2) is 17.6 Å². The van der Waals surface area contributed by atoms with Crippen molar-refractivity contribution in [2.45, 2.75) is 0 Å². The molecule has 0 atom stereocenters. The lowest BCUT2D eigenvalue weighted by Gasteiger charge is -2.00. The first-order valence-corrected chi connectivity index (χ1v) is 4.98. The summed E-state index contributed by atoms with van der Waals surface area (Å²) in [5.41, 5.74) is 0.0460. The van der Waals surface area contributed by atoms with Crippen LogP contribution in [0.25, 0.3) is 0 Å². The van der Waals surface area contributed by atoms with Gasteiger partial charge in [-0.25, -0.2) is 9.78 Å². The number of rotatable bonds is 3. The van der Waals surface area contributed by atoms with Crippen molar-refractivity contribution in [3.05, 3.63) is 23.3 Å². The second-order valence-corrected chi connectivity index (χ2v) is 3.67. The molecule has 2 aromatic rings. The third-order valence-electron chi connectivity index (χ3n) is 1.78. The molecular formula is C8H8N4O2S. The van der Waals surface area contributed by atoms with Crippen molar-refractivity contribution < 1.29 is 9.90 Å². The fourth-order valence-corrected chi connectivity index (χ4v) is 1.73. The van der Waals surface area contributed by atoms with Crippen LogP contribution in [0.1, 0.15) is 10.5 Å². The molecule has 0 spiro atoms. The summed E-state index contributed by atoms with van der Waals surface area (Å²) in [7, 11) is 1.79. The molecule has 0 aromatic carbocycles. The van der Waals surface area contributed by atoms with Gasteiger partial charge in [-0.2, -0.15) is 5.10 Å². The number of aromatic nitrogens is 3. The first-order valence-electron chi connectivity index (χ1n) is 4.10. The van der Waals surface area contributed by atoms with Gasteiger partial charge < -0.3 is 10.4 Å². The van der Waals surface area contributed by atoms with Crippen LogP contribution in [0, 0.1) is 0 Å². The van der Waals surface area contributed by atoms with Crippen molar-refractivity contribution in [2.75, 3.05) is 5.32 Å². The number of nitrogens with one attached hydrogen (secondary N) is 1. The number of aryl methyl sites for hydroxylation is 1. The number of thiazole rings is 1. The van der Waals surface area contributed by atoms with Crippen LogP contribution < -0.4 is 5.32 Å². The average molecular weight is 224 g/mol. The van der Waals surface area contributed by atoms with E-state index >= 15 is 0 Å². The summed E-state index contributed by atoms with van der Waals surface area (Å²) in [6.45, 7) is 0. The van der Waals surface area contributed by atoms with E-state index in [1.54, 1.807) is 24.0 Å². The minimum absolute atomic E-state index is 0.0460. The highest BCUT2D eigenvalue weighted by Crippen LogP contribution is 2.19. The van der Waals surface area contributed by atoms with Crippen LogP contribution in [0.2, 0.25) is 0 Å². The SMILES string of the molecule is Cn1nccc1Nc1nc(C(=O)O)cs1. The second-order valence-electron chi connectivity index (χ2n) is 2.81. The molecule has 0 aliphatic heterocycles. The highest BCUT2D eigenvalue weighted by Gasteiger charge is 2.09. The largest absolute Gasteiger partial charge is 0.476 e. The van der Waals surface area contributed by atoms with Gasteiger partial charge in [0.1, 0.15) is 5.82 Å². The van der Waals surface area contributed by atoms with Gasteiger partial charge in [0.05, 0.1) is 6.20 Å². The van der Waals surface area contributed by atoms with Crippen molar-refractivity contribution in [1.82, 2.24) is 14.8 Å². The van der Waals surface area contributed by atoms with Crippen LogP contribution in [-0.4, -0.2) is 25.8 Å². The lowest BCUT2D eigenvalue weighted by Crippen LogP contribution is -2.00. The molecule has 2 N–H and O–H groups in total. The number of carbonyl (C=O) groups is 1. The number of hydrogen-bond acceptors (Lipinski definition) is 5. The standard InChI is InChI=1S/C8H8N4O2S/c1-12-6(2-3-9-12)11-8-10-5(4-15-8)7(13)14/h2-4H,1H3,(H,10,11)(H,13,14). The average Bonchev–Trinajstić information content (AvgIpc) is 2.77. The normalized spacial score (nSPS) is 10.2. The third-order valence-corrected chi connectivity index (χ3v) is 2.54. The first-order chi connectivity index (χ1) is 7.16. The predicted molar refractivity (Wildman–Crippen MR) is 55.6 cm³/mol. The van der Waals surface area contributed by atoms with Crippen LogP contribution in [0.3, 0.4) is 0 Å². The Labute approximate surface area is 89.2 Å². The minimum atomic E-state index is -1.02. The van der Waals surface area contributed by atoms with E-state index in [4.69, 9.17) is 5.11 Å². The van der Waals surface area contributed by atoms with Crippen molar-refractivity contribution in [1.29, 1.82) is 0 Å². The van der Waals surface area contributed by atoms with Gasteiger partial charge in [0.25, 0.3) is 0 Å². The minimum Gasteiger partial charge on any atom is -0.476 e. The number of nitrogens with zero attached hydrogens (tertiary/aromatic N) is 3. The van der Waals surface area contributed by atoms with Gasteiger partial charge in [-0.15, -0.1) is 11.3 Å². The fraction of sp³-hybridized carbons (Fsp3) is 0.125. The van der Waals surface area contributed by atoms with E-state index in [0.717, 1.165) is 5.82 Å². The van der Waals surface area contributed by atoms with E-state index in [0.29, 0.717) is 5.13 Å². The topological polar surface area (TPSA) is 80.0 Å². The van der Waals surface area contributed by atoms with E-state index in [1.807, 2.05) is 0 Å². The molecule has 2 aromatic heterocycles. The molecule has 7 heteroatoms. The molecule has 0 amide bonds. The number of carboxylic acid groups (broad SMARTS) is 1. The quantitative estimate of drug-likeness (QED) is 0.821. The van der Waals surface area contributed by atoms with E-state index < -0.39 is 5.97 Å². The first kappa shape index (κ1) is 9.66. The zero-order chi connectivity index (χ0) is 10.8. The summed E-state index contributed by atoms with van der Waals surface area (Å²) in [5, 5.41) is 17.6. The Morgan fingerprint density at radius 1 is 1.67 bits per heavy atom. The summed E-state index contributed by atoms with van der Waals surface area (Å²) in [5.74, 6) is -0.259. The van der Waals surface area contributed by atoms with Gasteiger partial charge in [0, 0.05) is 18.5 Å². The zero-order valence-corrected chi connectivity index (χ0v) is 8.65. The molecule has 0 aliphatic rings. The van der Waals surface area contributed by atoms with Gasteiger partial charge in [-0.05, 0) is 0 Å². The predicted octanol–water partition coefficient (Wildman–Crippen LogP) is 1.32. The fourth-order valence-electron chi connectivity index (χ4n) is 1.04. The van der Waals surface area contributed by atoms with Crippen molar-refractivity contribution in [3.63, 3.8) is 0 Å². The molecule has 0 saturated heterocycles. The Morgan fingerprint density at radius 3 is 3.00 bits per heavy atom. The van der Waals surface area contributed by atoms with E-state index in [1.165, 1.54) is 16.7 Å². The van der Waals surface area contributed by atoms with Crippen molar-refractivity contribution in [3.8, 4) is 0 Å². The number of anilines is 2. The van der Waals surface area contributed by atoms with Crippen LogP contribution in [-0.2, 0) is 7.05 Å². The summed E-state index contributed by atoms with van der Waals surface area (Å²) in [4.78, 5) is 14.5. The van der Waals surface area contributed by atoms with Crippen LogP contribution in [0.4, 0.5) is 10.9 Å². The van der Waals surface area contributed by atoms with Gasteiger partial charge in [-0.1, -0.05) is 0 Å². The van der Waals surface area contributed by atoms with Gasteiger partial charge in [0.15, 0.2) is 10.8 Å². The van der Waals surface area contributed by atoms with Gasteiger partial charge >= 0.3 is 5.97 Å². The summed E-state index contributed by atoms with van der Waals surface area (Å²) < 4.78 is 1.64. The zero-order valence-electron chi connectivity index (χ0n) is 7.84. The van der Waals surface area contributed by atoms with Crippen molar-refractivity contribution >= 4 is 28.3 Å². The molecular weight excluding hydrogens is 216 g/mol. The maximum absolute atomic E-state index is 10.6. The maximum Gasteiger partial charge on any atom is 0.355 e. The smallest absolute Gasteiger partial charge is 0.355 e. The summed E-state index contributed by atoms with van der Waals surface area (Å²) >= 11 is 1.24. The molecule has 0 saturated carbocycles. The van der Waals surface area contributed by atoms with E-state index in [9.17, 15) is 4.79 Å². The number of carboxylic acids is 1. The Balaban J connectivity index is 2.18. The van der Waals surface area contributed by atoms with Gasteiger partial charge in [0.2, 0.25) is 0 Å². The Hall–Kier alpha value is -1.89. The summed E-state index contributed by atoms with van der Waals surface area (Å²) in [6, 6.07) is 1.78. The van der Waals surface area contributed by atoms with Gasteiger partial charge in [-0.3, -0.25) is 4.68 Å². The highest BCUT2D eigenvalue weighted by molar-refractivity contribution is 7.14. The molecule has 2 rings (SSSR count). The highest BCUT2D eigenvalue weighted by atomic mass is 32.1. The number of aromatic carboxylic acids is 1. The molecule has 2 heterocycles. The van der Waals surface area contributed by atoms with Crippen molar-refractivity contribution in [2.24, 2.45) is 7.05 Å². The molecule has 78 valence electrons. The van der Waals surface area contributed by atoms with Crippen LogP contribution >= 0.6 is 11.3 Å². The molecule has 0 fully saturated rings. The number of hydrogen-bond donors (Lipinski definition) is 2. The maximum atomic E-state index is 10.6. The molecule has 15 heavy (non-hydrogen) atoms. The lowest BCUT2D eigenvalue weighted by molar-refractivity contribution is 0.0691. The molecule has 0 unspecified atom stereocenters. The van der Waals surface area contributed by atoms with E-state index in [-0.39, 0.29) is 5.69 Å². The molecule has 0 aliphatic carbocycles. The van der Waals surface area contributed by atoms with E-state index in [2.05, 4.69) is 15.4 Å². The monoisotopic (exact) mass is 224 g/mol. The molecule has 6 nitrogen and oxygen atoms in total. The summed E-state index contributed by atoms with van der Waals surface area (Å²) in [6.07, 6.45) is 1.65. The Morgan fingerprint density at radius 2 is 2.47 bits per heavy atom. The second kappa shape index (κ2) is 3.70. The lowest BCUT2D eigenvalue weighted by atomic mass is 10.5. The molecule has 0 radical (unpaired) electrons. The molecule has 0 bridgehead atoms. The Bertz CT molecular complexity index is 490. The van der Waals surface area contributed by atoms with Crippen LogP contribution in [0.5, 0.6) is 0 Å². The third kappa shape index (κ3) is 1.96. The Kier molecular flexibility index (Phi) is 2.38.